The summed E-state index contributed by atoms with van der Waals surface area (Å²) in [6.07, 6.45) is -0.702. The summed E-state index contributed by atoms with van der Waals surface area (Å²) in [5.41, 5.74) is 0.714. The average molecular weight is 468 g/mol. The minimum absolute atomic E-state index is 0.170. The summed E-state index contributed by atoms with van der Waals surface area (Å²) >= 11 is 0. The van der Waals surface area contributed by atoms with Crippen molar-refractivity contribution >= 4 is 29.0 Å². The Hall–Kier alpha value is -3.61. The van der Waals surface area contributed by atoms with E-state index in [1.54, 1.807) is 42.7 Å². The fourth-order valence-electron chi connectivity index (χ4n) is 4.13. The van der Waals surface area contributed by atoms with Crippen molar-refractivity contribution in [3.63, 3.8) is 0 Å². The first kappa shape index (κ1) is 22.2. The van der Waals surface area contributed by atoms with E-state index >= 15 is 0 Å². The number of rotatable bonds is 5. The predicted molar refractivity (Wildman–Crippen MR) is 118 cm³/mol. The number of imidazole rings is 1. The minimum atomic E-state index is -0.888. The van der Waals surface area contributed by atoms with Crippen molar-refractivity contribution < 1.29 is 28.5 Å². The van der Waals surface area contributed by atoms with Gasteiger partial charge in [0.15, 0.2) is 35.1 Å². The molecule has 0 saturated carbocycles. The van der Waals surface area contributed by atoms with Crippen molar-refractivity contribution in [3.05, 3.63) is 43.0 Å². The second-order valence-electron chi connectivity index (χ2n) is 8.28. The fourth-order valence-corrected chi connectivity index (χ4v) is 4.13. The number of hydrogen-bond acceptors (Lipinski definition) is 9. The molecule has 0 spiro atoms. The number of carbonyl (C=O) groups excluding carboxylic acids is 2. The zero-order valence-electron chi connectivity index (χ0n) is 18.8. The summed E-state index contributed by atoms with van der Waals surface area (Å²) in [4.78, 5) is 37.8. The minimum Gasteiger partial charge on any atom is -0.410 e. The summed E-state index contributed by atoms with van der Waals surface area (Å²) in [5, 5.41) is 5.36. The van der Waals surface area contributed by atoms with Gasteiger partial charge in [-0.25, -0.2) is 19.7 Å². The van der Waals surface area contributed by atoms with Gasteiger partial charge in [-0.2, -0.15) is 0 Å². The number of amides is 2. The molecule has 178 valence electrons. The molecule has 3 aromatic rings. The first-order valence-electron chi connectivity index (χ1n) is 10.9. The molecule has 2 unspecified atom stereocenters. The standard InChI is InChI=1S/C22H24N6O6/c1-4-23-19(29)15-14-16(34-22(2,3)33-14)20(32-15)28-11-26-13-17(24-10-25-18(13)28)27-21(30)31-12-8-6-5-7-9-12/h5-11,14-16,20H,4H2,1-3H3,(H,23,29)(H,24,25,27,30)/t14?,15-,16?,20+/m0/s1. The number of benzene rings is 1. The lowest BCUT2D eigenvalue weighted by Gasteiger charge is -2.24. The Bertz CT molecular complexity index is 1220. The van der Waals surface area contributed by atoms with Gasteiger partial charge in [0.2, 0.25) is 0 Å². The lowest BCUT2D eigenvalue weighted by atomic mass is 10.1. The number of nitrogens with one attached hydrogen (secondary N) is 2. The van der Waals surface area contributed by atoms with Gasteiger partial charge in [-0.15, -0.1) is 0 Å². The molecule has 2 fully saturated rings. The second kappa shape index (κ2) is 8.63. The molecule has 12 heteroatoms. The highest BCUT2D eigenvalue weighted by Gasteiger charge is 2.58. The van der Waals surface area contributed by atoms with Crippen LogP contribution in [0.5, 0.6) is 5.75 Å². The lowest BCUT2D eigenvalue weighted by molar-refractivity contribution is -0.197. The van der Waals surface area contributed by atoms with Crippen molar-refractivity contribution in [3.8, 4) is 5.75 Å². The van der Waals surface area contributed by atoms with Crippen molar-refractivity contribution in [1.82, 2.24) is 24.8 Å². The number of carbonyl (C=O) groups is 2. The van der Waals surface area contributed by atoms with Gasteiger partial charge in [0.05, 0.1) is 6.33 Å². The molecule has 12 nitrogen and oxygen atoms in total. The second-order valence-corrected chi connectivity index (χ2v) is 8.28. The highest BCUT2D eigenvalue weighted by atomic mass is 16.8. The largest absolute Gasteiger partial charge is 0.418 e. The Kier molecular flexibility index (Phi) is 5.63. The van der Waals surface area contributed by atoms with E-state index in [0.717, 1.165) is 0 Å². The van der Waals surface area contributed by atoms with Gasteiger partial charge < -0.3 is 24.3 Å². The van der Waals surface area contributed by atoms with E-state index in [2.05, 4.69) is 25.6 Å². The van der Waals surface area contributed by atoms with Gasteiger partial charge in [-0.05, 0) is 32.9 Å². The Morgan fingerprint density at radius 1 is 1.12 bits per heavy atom. The zero-order valence-corrected chi connectivity index (χ0v) is 18.8. The van der Waals surface area contributed by atoms with Crippen LogP contribution in [-0.2, 0) is 19.0 Å². The molecule has 2 saturated heterocycles. The molecule has 2 aliphatic rings. The summed E-state index contributed by atoms with van der Waals surface area (Å²) in [6.45, 7) is 5.85. The summed E-state index contributed by atoms with van der Waals surface area (Å²) < 4.78 is 25.0. The maximum atomic E-state index is 12.6. The first-order chi connectivity index (χ1) is 16.4. The third kappa shape index (κ3) is 4.06. The highest BCUT2D eigenvalue weighted by Crippen LogP contribution is 2.44. The lowest BCUT2D eigenvalue weighted by Crippen LogP contribution is -2.42. The zero-order chi connectivity index (χ0) is 23.9. The van der Waals surface area contributed by atoms with Crippen molar-refractivity contribution in [2.75, 3.05) is 11.9 Å². The van der Waals surface area contributed by atoms with E-state index in [9.17, 15) is 9.59 Å². The third-order valence-electron chi connectivity index (χ3n) is 5.45. The number of hydrogen-bond donors (Lipinski definition) is 2. The number of likely N-dealkylation sites (N-methyl/N-ethyl adjacent to an activating group) is 1. The van der Waals surface area contributed by atoms with Crippen molar-refractivity contribution in [2.24, 2.45) is 0 Å². The molecule has 5 rings (SSSR count). The number of ether oxygens (including phenoxy) is 4. The van der Waals surface area contributed by atoms with Crippen LogP contribution in [-0.4, -0.2) is 62.2 Å². The van der Waals surface area contributed by atoms with E-state index in [1.807, 2.05) is 13.0 Å². The summed E-state index contributed by atoms with van der Waals surface area (Å²) in [6, 6.07) is 8.65. The van der Waals surface area contributed by atoms with Crippen LogP contribution in [0, 0.1) is 0 Å². The van der Waals surface area contributed by atoms with Gasteiger partial charge in [-0.3, -0.25) is 14.7 Å². The molecule has 4 atom stereocenters. The van der Waals surface area contributed by atoms with Gasteiger partial charge in [0.25, 0.3) is 5.91 Å². The SMILES string of the molecule is CCNC(=O)[C@H]1O[C@@H](n2cnc3c(NC(=O)Oc4ccccc4)ncnc32)C2OC(C)(C)OC21. The van der Waals surface area contributed by atoms with Crippen LogP contribution in [0.2, 0.25) is 0 Å². The fraction of sp³-hybridized carbons (Fsp3) is 0.409. The molecule has 2 N–H and O–H groups in total. The first-order valence-corrected chi connectivity index (χ1v) is 10.9. The molecule has 2 aromatic heterocycles. The average Bonchev–Trinajstić information content (AvgIpc) is 3.45. The Morgan fingerprint density at radius 3 is 2.65 bits per heavy atom. The molecule has 0 aliphatic carbocycles. The maximum Gasteiger partial charge on any atom is 0.418 e. The van der Waals surface area contributed by atoms with Gasteiger partial charge in [0.1, 0.15) is 24.3 Å². The van der Waals surface area contributed by atoms with Crippen molar-refractivity contribution in [1.29, 1.82) is 0 Å². The topological polar surface area (TPSA) is 139 Å². The molecule has 34 heavy (non-hydrogen) atoms. The smallest absolute Gasteiger partial charge is 0.410 e. The molecule has 1 aromatic carbocycles. The number of para-hydroxylation sites is 1. The van der Waals surface area contributed by atoms with E-state index in [4.69, 9.17) is 18.9 Å². The predicted octanol–water partition coefficient (Wildman–Crippen LogP) is 1.99. The number of nitrogens with zero attached hydrogens (tertiary/aromatic N) is 4. The number of aromatic nitrogens is 4. The normalized spacial score (nSPS) is 25.1. The maximum absolute atomic E-state index is 12.6. The molecular formula is C22H24N6O6. The molecule has 0 radical (unpaired) electrons. The third-order valence-corrected chi connectivity index (χ3v) is 5.45. The van der Waals surface area contributed by atoms with Crippen LogP contribution in [0.4, 0.5) is 10.6 Å². The Balaban J connectivity index is 1.42. The summed E-state index contributed by atoms with van der Waals surface area (Å²) in [5.74, 6) is -0.616. The quantitative estimate of drug-likeness (QED) is 0.575. The van der Waals surface area contributed by atoms with E-state index in [-0.39, 0.29) is 11.7 Å². The Morgan fingerprint density at radius 2 is 1.88 bits per heavy atom. The van der Waals surface area contributed by atoms with Crippen molar-refractivity contribution in [2.45, 2.75) is 51.1 Å². The van der Waals surface area contributed by atoms with Crippen LogP contribution < -0.4 is 15.4 Å². The van der Waals surface area contributed by atoms with E-state index in [0.29, 0.717) is 23.5 Å². The van der Waals surface area contributed by atoms with E-state index < -0.39 is 36.4 Å². The van der Waals surface area contributed by atoms with Crippen LogP contribution in [0.3, 0.4) is 0 Å². The van der Waals surface area contributed by atoms with Crippen LogP contribution >= 0.6 is 0 Å². The van der Waals surface area contributed by atoms with Crippen LogP contribution in [0.1, 0.15) is 27.0 Å². The van der Waals surface area contributed by atoms with Gasteiger partial charge in [0, 0.05) is 6.54 Å². The molecular weight excluding hydrogens is 444 g/mol. The molecule has 0 bridgehead atoms. The monoisotopic (exact) mass is 468 g/mol. The summed E-state index contributed by atoms with van der Waals surface area (Å²) in [7, 11) is 0. The number of fused-ring (bicyclic) bond motifs is 2. The molecule has 2 aliphatic heterocycles. The van der Waals surface area contributed by atoms with Gasteiger partial charge in [-0.1, -0.05) is 18.2 Å². The number of anilines is 1. The molecule has 2 amide bonds. The Labute approximate surface area is 194 Å². The molecule has 4 heterocycles. The van der Waals surface area contributed by atoms with Crippen LogP contribution in [0.25, 0.3) is 11.2 Å². The highest BCUT2D eigenvalue weighted by molar-refractivity contribution is 5.94. The van der Waals surface area contributed by atoms with E-state index in [1.165, 1.54) is 12.7 Å². The van der Waals surface area contributed by atoms with Gasteiger partial charge >= 0.3 is 6.09 Å². The van der Waals surface area contributed by atoms with Crippen LogP contribution in [0.15, 0.2) is 43.0 Å².